The molecule has 240 valence electrons. The molecule has 3 aromatic rings. The third-order valence-electron chi connectivity index (χ3n) is 8.24. The molecule has 0 aromatic heterocycles. The average molecular weight is 645 g/mol. The molecule has 45 heavy (non-hydrogen) atoms. The van der Waals surface area contributed by atoms with Gasteiger partial charge in [-0.2, -0.15) is 0 Å². The number of hydrogen-bond acceptors (Lipinski definition) is 6. The van der Waals surface area contributed by atoms with E-state index in [1.54, 1.807) is 17.0 Å². The molecule has 2 saturated heterocycles. The van der Waals surface area contributed by atoms with Gasteiger partial charge in [0.05, 0.1) is 31.3 Å². The third kappa shape index (κ3) is 8.21. The first-order valence-corrected chi connectivity index (χ1v) is 16.4. The van der Waals surface area contributed by atoms with Crippen molar-refractivity contribution < 1.29 is 47.3 Å². The molecule has 3 aromatic carbocycles. The van der Waals surface area contributed by atoms with Gasteiger partial charge < -0.3 is 34.6 Å². The zero-order chi connectivity index (χ0) is 32.2. The molecule has 4 N–H and O–H groups in total. The summed E-state index contributed by atoms with van der Waals surface area (Å²) in [6.45, 7) is 0.229. The second kappa shape index (κ2) is 13.9. The molecule has 3 atom stereocenters. The SMILES string of the molecule is O=C(COC1(CCc2ccc([C@@H]3[C@@H](CCC(O)c4ccc(F)cc4)C(=O)N3c3ccc(F)cc3)cc2)COC1)NCP(=O)(O)O. The predicted molar refractivity (Wildman–Crippen MR) is 160 cm³/mol. The molecule has 0 bridgehead atoms. The Labute approximate surface area is 259 Å². The first kappa shape index (κ1) is 32.9. The summed E-state index contributed by atoms with van der Waals surface area (Å²) in [7, 11) is -4.36. The number of β-lactam (4-membered cyclic amide) rings is 1. The van der Waals surface area contributed by atoms with Crippen LogP contribution in [0.5, 0.6) is 0 Å². The number of hydrogen-bond donors (Lipinski definition) is 4. The Kier molecular flexibility index (Phi) is 10.1. The van der Waals surface area contributed by atoms with Crippen LogP contribution in [-0.4, -0.2) is 58.4 Å². The molecule has 0 spiro atoms. The van der Waals surface area contributed by atoms with Gasteiger partial charge in [0.1, 0.15) is 30.1 Å². The van der Waals surface area contributed by atoms with Crippen molar-refractivity contribution in [2.75, 3.05) is 31.0 Å². The summed E-state index contributed by atoms with van der Waals surface area (Å²) >= 11 is 0. The van der Waals surface area contributed by atoms with Crippen molar-refractivity contribution in [2.24, 2.45) is 5.92 Å². The lowest BCUT2D eigenvalue weighted by Crippen LogP contribution is -2.55. The van der Waals surface area contributed by atoms with E-state index >= 15 is 0 Å². The Morgan fingerprint density at radius 2 is 1.64 bits per heavy atom. The number of aryl methyl sites for hydroxylation is 1. The summed E-state index contributed by atoms with van der Waals surface area (Å²) in [5.74, 6) is -1.99. The monoisotopic (exact) mass is 644 g/mol. The van der Waals surface area contributed by atoms with E-state index in [0.717, 1.165) is 11.1 Å². The number of benzene rings is 3. The van der Waals surface area contributed by atoms with Gasteiger partial charge in [0.25, 0.3) is 0 Å². The van der Waals surface area contributed by atoms with Crippen molar-refractivity contribution in [3.8, 4) is 0 Å². The number of nitrogens with zero attached hydrogens (tertiary/aromatic N) is 1. The number of anilines is 1. The van der Waals surface area contributed by atoms with Crippen LogP contribution in [0.25, 0.3) is 0 Å². The van der Waals surface area contributed by atoms with E-state index in [2.05, 4.69) is 5.32 Å². The molecular weight excluding hydrogens is 609 g/mol. The van der Waals surface area contributed by atoms with Gasteiger partial charge in [-0.3, -0.25) is 14.2 Å². The van der Waals surface area contributed by atoms with Gasteiger partial charge in [-0.25, -0.2) is 8.78 Å². The van der Waals surface area contributed by atoms with Crippen LogP contribution in [0.3, 0.4) is 0 Å². The van der Waals surface area contributed by atoms with E-state index in [1.165, 1.54) is 36.4 Å². The molecule has 10 nitrogen and oxygen atoms in total. The van der Waals surface area contributed by atoms with E-state index in [1.807, 2.05) is 24.3 Å². The number of rotatable bonds is 14. The summed E-state index contributed by atoms with van der Waals surface area (Å²) < 4.78 is 49.0. The second-order valence-corrected chi connectivity index (χ2v) is 13.2. The van der Waals surface area contributed by atoms with Crippen LogP contribution in [0.4, 0.5) is 14.5 Å². The summed E-state index contributed by atoms with van der Waals surface area (Å²) in [4.78, 5) is 44.8. The summed E-state index contributed by atoms with van der Waals surface area (Å²) in [6, 6.07) is 18.8. The smallest absolute Gasteiger partial charge is 0.344 e. The van der Waals surface area contributed by atoms with E-state index in [4.69, 9.17) is 19.3 Å². The quantitative estimate of drug-likeness (QED) is 0.151. The minimum atomic E-state index is -4.36. The van der Waals surface area contributed by atoms with Gasteiger partial charge in [-0.1, -0.05) is 36.4 Å². The molecular formula is C32H35F2N2O8P. The van der Waals surface area contributed by atoms with Crippen LogP contribution in [0.15, 0.2) is 72.8 Å². The van der Waals surface area contributed by atoms with Gasteiger partial charge in [0, 0.05) is 5.69 Å². The van der Waals surface area contributed by atoms with E-state index in [0.29, 0.717) is 50.1 Å². The van der Waals surface area contributed by atoms with Gasteiger partial charge in [0.2, 0.25) is 11.8 Å². The van der Waals surface area contributed by atoms with Crippen molar-refractivity contribution in [1.82, 2.24) is 5.32 Å². The topological polar surface area (TPSA) is 146 Å². The van der Waals surface area contributed by atoms with Crippen LogP contribution >= 0.6 is 7.60 Å². The number of ether oxygens (including phenoxy) is 2. The maximum atomic E-state index is 13.6. The number of carbonyl (C=O) groups is 2. The van der Waals surface area contributed by atoms with Gasteiger partial charge >= 0.3 is 7.60 Å². The van der Waals surface area contributed by atoms with Crippen molar-refractivity contribution in [3.05, 3.63) is 101 Å². The molecule has 2 aliphatic heterocycles. The number of halogens is 2. The molecule has 0 radical (unpaired) electrons. The Morgan fingerprint density at radius 3 is 2.22 bits per heavy atom. The molecule has 0 saturated carbocycles. The largest absolute Gasteiger partial charge is 0.388 e. The Hall–Kier alpha value is -3.51. The molecule has 5 rings (SSSR count). The molecule has 2 aliphatic rings. The van der Waals surface area contributed by atoms with Crippen LogP contribution in [0.2, 0.25) is 0 Å². The minimum absolute atomic E-state index is 0.129. The highest BCUT2D eigenvalue weighted by molar-refractivity contribution is 7.51. The number of amides is 2. The normalized spacial score (nSPS) is 19.8. The zero-order valence-corrected chi connectivity index (χ0v) is 25.2. The van der Waals surface area contributed by atoms with Crippen LogP contribution in [-0.2, 0) is 30.0 Å². The fourth-order valence-corrected chi connectivity index (χ4v) is 6.02. The van der Waals surface area contributed by atoms with E-state index < -0.39 is 49.0 Å². The third-order valence-corrected chi connectivity index (χ3v) is 8.81. The molecule has 1 unspecified atom stereocenters. The number of aliphatic hydroxyl groups excluding tert-OH is 1. The highest BCUT2D eigenvalue weighted by atomic mass is 31.2. The van der Waals surface area contributed by atoms with Crippen LogP contribution < -0.4 is 10.2 Å². The maximum absolute atomic E-state index is 13.6. The van der Waals surface area contributed by atoms with E-state index in [9.17, 15) is 28.0 Å². The molecule has 2 heterocycles. The summed E-state index contributed by atoms with van der Waals surface area (Å²) in [5, 5.41) is 12.8. The second-order valence-electron chi connectivity index (χ2n) is 11.5. The lowest BCUT2D eigenvalue weighted by Gasteiger charge is -2.48. The Morgan fingerprint density at radius 1 is 1.02 bits per heavy atom. The molecule has 2 fully saturated rings. The molecule has 13 heteroatoms. The van der Waals surface area contributed by atoms with Gasteiger partial charge in [-0.15, -0.1) is 0 Å². The van der Waals surface area contributed by atoms with E-state index in [-0.39, 0.29) is 18.6 Å². The average Bonchev–Trinajstić information content (AvgIpc) is 2.99. The summed E-state index contributed by atoms with van der Waals surface area (Å²) in [5.41, 5.74) is 2.32. The maximum Gasteiger partial charge on any atom is 0.344 e. The fourth-order valence-electron chi connectivity index (χ4n) is 5.63. The van der Waals surface area contributed by atoms with Crippen LogP contribution in [0, 0.1) is 17.6 Å². The van der Waals surface area contributed by atoms with Crippen molar-refractivity contribution >= 4 is 25.1 Å². The van der Waals surface area contributed by atoms with Gasteiger partial charge in [0.15, 0.2) is 0 Å². The van der Waals surface area contributed by atoms with Crippen molar-refractivity contribution in [1.29, 1.82) is 0 Å². The number of aliphatic hydroxyl groups is 1. The standard InChI is InChI=1S/C32H35F2N2O8P/c33-24-7-5-22(6-8-24)28(37)14-13-27-30(36(31(27)39)26-11-9-25(34)10-12-26)23-3-1-21(2-4-23)15-16-32(18-43-19-32)44-17-29(38)35-20-45(40,41)42/h1-12,27-28,30,37H,13-20H2,(H,35,38)(H2,40,41,42)/t27-,28?,30-/m1/s1. The first-order valence-electron chi connectivity index (χ1n) is 14.6. The molecule has 2 amide bonds. The summed E-state index contributed by atoms with van der Waals surface area (Å²) in [6.07, 6.45) is 0.228. The van der Waals surface area contributed by atoms with Crippen molar-refractivity contribution in [2.45, 2.75) is 43.4 Å². The highest BCUT2D eigenvalue weighted by Crippen LogP contribution is 2.46. The fraction of sp³-hybridized carbons (Fsp3) is 0.375. The van der Waals surface area contributed by atoms with Crippen LogP contribution in [0.1, 0.15) is 48.1 Å². The lowest BCUT2D eigenvalue weighted by molar-refractivity contribution is -0.212. The minimum Gasteiger partial charge on any atom is -0.388 e. The number of carbonyl (C=O) groups excluding carboxylic acids is 2. The Bertz CT molecular complexity index is 1530. The zero-order valence-electron chi connectivity index (χ0n) is 24.4. The first-order chi connectivity index (χ1) is 21.4. The highest BCUT2D eigenvalue weighted by Gasteiger charge is 2.48. The van der Waals surface area contributed by atoms with Crippen molar-refractivity contribution in [3.63, 3.8) is 0 Å². The Balaban J connectivity index is 1.23. The van der Waals surface area contributed by atoms with Gasteiger partial charge in [-0.05, 0) is 78.8 Å². The molecule has 0 aliphatic carbocycles. The predicted octanol–water partition coefficient (Wildman–Crippen LogP) is 4.15. The number of nitrogens with one attached hydrogen (secondary N) is 1. The lowest BCUT2D eigenvalue weighted by atomic mass is 9.78.